The zero-order valence-electron chi connectivity index (χ0n) is 17.7. The van der Waals surface area contributed by atoms with Crippen molar-refractivity contribution in [2.45, 2.75) is 31.2 Å². The van der Waals surface area contributed by atoms with E-state index in [0.717, 1.165) is 19.4 Å². The predicted molar refractivity (Wildman–Crippen MR) is 114 cm³/mol. The Morgan fingerprint density at radius 2 is 2.00 bits per heavy atom. The minimum Gasteiger partial charge on any atom is -0.507 e. The fourth-order valence-electron chi connectivity index (χ4n) is 4.59. The molecular formula is C22H23FN6O3. The zero-order chi connectivity index (χ0) is 22.4. The molecule has 10 heteroatoms. The van der Waals surface area contributed by atoms with Crippen LogP contribution in [0.15, 0.2) is 41.5 Å². The monoisotopic (exact) mass is 438 g/mol. The number of hydrogen-bond donors (Lipinski definition) is 1. The largest absolute Gasteiger partial charge is 0.507 e. The van der Waals surface area contributed by atoms with E-state index in [1.54, 1.807) is 31.3 Å². The molecule has 2 unspecified atom stereocenters. The first-order chi connectivity index (χ1) is 15.4. The summed E-state index contributed by atoms with van der Waals surface area (Å²) in [4.78, 5) is 21.8. The summed E-state index contributed by atoms with van der Waals surface area (Å²) in [6.07, 6.45) is 1.60. The maximum absolute atomic E-state index is 14.8. The molecule has 1 N–H and O–H groups in total. The van der Waals surface area contributed by atoms with Gasteiger partial charge in [-0.25, -0.2) is 14.2 Å². The van der Waals surface area contributed by atoms with Crippen molar-refractivity contribution in [1.82, 2.24) is 29.6 Å². The van der Waals surface area contributed by atoms with Gasteiger partial charge < -0.3 is 9.84 Å². The van der Waals surface area contributed by atoms with Gasteiger partial charge in [-0.2, -0.15) is 4.98 Å². The van der Waals surface area contributed by atoms with E-state index in [-0.39, 0.29) is 29.4 Å². The number of hydrogen-bond acceptors (Lipinski definition) is 8. The lowest BCUT2D eigenvalue weighted by Gasteiger charge is -2.49. The van der Waals surface area contributed by atoms with E-state index >= 15 is 0 Å². The van der Waals surface area contributed by atoms with Crippen molar-refractivity contribution in [1.29, 1.82) is 0 Å². The molecule has 2 aromatic heterocycles. The number of aryl methyl sites for hydroxylation is 1. The Balaban J connectivity index is 1.34. The van der Waals surface area contributed by atoms with E-state index in [0.29, 0.717) is 16.8 Å². The zero-order valence-corrected chi connectivity index (χ0v) is 17.7. The molecule has 1 aliphatic carbocycles. The molecule has 0 spiro atoms. The second kappa shape index (κ2) is 7.94. The van der Waals surface area contributed by atoms with Crippen molar-refractivity contribution in [3.05, 3.63) is 47.1 Å². The van der Waals surface area contributed by atoms with Gasteiger partial charge in [0, 0.05) is 42.7 Å². The average Bonchev–Trinajstić information content (AvgIpc) is 2.78. The van der Waals surface area contributed by atoms with Gasteiger partial charge in [-0.05, 0) is 38.1 Å². The molecular weight excluding hydrogens is 415 g/mol. The molecule has 3 aliphatic rings. The first kappa shape index (κ1) is 20.5. The van der Waals surface area contributed by atoms with E-state index in [9.17, 15) is 14.3 Å². The van der Waals surface area contributed by atoms with Crippen molar-refractivity contribution in [3.8, 4) is 34.3 Å². The summed E-state index contributed by atoms with van der Waals surface area (Å²) in [5, 5.41) is 18.7. The molecule has 2 saturated heterocycles. The van der Waals surface area contributed by atoms with Crippen LogP contribution in [0.3, 0.4) is 0 Å². The van der Waals surface area contributed by atoms with E-state index in [1.165, 1.54) is 17.0 Å². The summed E-state index contributed by atoms with van der Waals surface area (Å²) in [6.45, 7) is 0.818. The molecule has 2 bridgehead atoms. The second-order valence-corrected chi connectivity index (χ2v) is 8.43. The van der Waals surface area contributed by atoms with Crippen LogP contribution in [-0.4, -0.2) is 66.6 Å². The van der Waals surface area contributed by atoms with Crippen LogP contribution in [0.2, 0.25) is 0 Å². The molecule has 0 radical (unpaired) electrons. The smallest absolute Gasteiger partial charge is 0.350 e. The van der Waals surface area contributed by atoms with Gasteiger partial charge in [-0.3, -0.25) is 9.47 Å². The Morgan fingerprint density at radius 1 is 1.16 bits per heavy atom. The molecule has 4 atom stereocenters. The Hall–Kier alpha value is -3.40. The highest BCUT2D eigenvalue weighted by molar-refractivity contribution is 5.71. The van der Waals surface area contributed by atoms with E-state index in [2.05, 4.69) is 25.1 Å². The number of rotatable bonds is 4. The number of phenolic OH excluding ortho intramolecular Hbond substituents is 1. The summed E-state index contributed by atoms with van der Waals surface area (Å²) >= 11 is 0. The third kappa shape index (κ3) is 3.60. The number of aromatic hydroxyl groups is 1. The van der Waals surface area contributed by atoms with Crippen molar-refractivity contribution >= 4 is 0 Å². The van der Waals surface area contributed by atoms with Crippen LogP contribution >= 0.6 is 0 Å². The summed E-state index contributed by atoms with van der Waals surface area (Å²) in [5.41, 5.74) is 0.961. The lowest BCUT2D eigenvalue weighted by Crippen LogP contribution is -2.61. The van der Waals surface area contributed by atoms with Crippen molar-refractivity contribution < 1.29 is 14.2 Å². The minimum atomic E-state index is -1.05. The number of phenols is 1. The highest BCUT2D eigenvalue weighted by Gasteiger charge is 2.48. The van der Waals surface area contributed by atoms with E-state index in [4.69, 9.17) is 4.74 Å². The Morgan fingerprint density at radius 3 is 2.66 bits per heavy atom. The van der Waals surface area contributed by atoms with Gasteiger partial charge >= 0.3 is 5.69 Å². The van der Waals surface area contributed by atoms with Crippen LogP contribution in [0.4, 0.5) is 4.39 Å². The molecule has 166 valence electrons. The second-order valence-electron chi connectivity index (χ2n) is 8.43. The van der Waals surface area contributed by atoms with Gasteiger partial charge in [0.1, 0.15) is 18.2 Å². The van der Waals surface area contributed by atoms with Crippen molar-refractivity contribution in [2.75, 3.05) is 13.6 Å². The number of benzene rings is 1. The lowest BCUT2D eigenvalue weighted by molar-refractivity contribution is -0.0891. The van der Waals surface area contributed by atoms with Gasteiger partial charge in [0.15, 0.2) is 12.0 Å². The number of halogens is 1. The molecule has 32 heavy (non-hydrogen) atoms. The van der Waals surface area contributed by atoms with Crippen LogP contribution in [0.25, 0.3) is 22.6 Å². The Bertz CT molecular complexity index is 1200. The number of aromatic nitrogens is 5. The van der Waals surface area contributed by atoms with Gasteiger partial charge in [-0.15, -0.1) is 10.2 Å². The topological polar surface area (TPSA) is 106 Å². The third-order valence-corrected chi connectivity index (χ3v) is 6.35. The van der Waals surface area contributed by atoms with Gasteiger partial charge in [0.2, 0.25) is 5.88 Å². The van der Waals surface area contributed by atoms with Crippen molar-refractivity contribution in [2.24, 2.45) is 13.0 Å². The number of alkyl halides is 1. The summed E-state index contributed by atoms with van der Waals surface area (Å²) in [6, 6.07) is 8.02. The lowest BCUT2D eigenvalue weighted by atomic mass is 9.76. The molecule has 2 aliphatic heterocycles. The maximum Gasteiger partial charge on any atom is 0.350 e. The normalized spacial score (nSPS) is 25.1. The average molecular weight is 438 g/mol. The van der Waals surface area contributed by atoms with E-state index in [1.807, 2.05) is 7.05 Å². The third-order valence-electron chi connectivity index (χ3n) is 6.35. The quantitative estimate of drug-likeness (QED) is 0.658. The van der Waals surface area contributed by atoms with Gasteiger partial charge in [-0.1, -0.05) is 6.07 Å². The van der Waals surface area contributed by atoms with Crippen LogP contribution in [0.5, 0.6) is 11.6 Å². The molecule has 9 nitrogen and oxygen atoms in total. The maximum atomic E-state index is 14.8. The molecule has 3 aromatic rings. The molecule has 3 fully saturated rings. The summed E-state index contributed by atoms with van der Waals surface area (Å²) in [7, 11) is 3.51. The fourth-order valence-corrected chi connectivity index (χ4v) is 4.59. The fraction of sp³-hybridized carbons (Fsp3) is 0.409. The molecule has 4 heterocycles. The van der Waals surface area contributed by atoms with Crippen molar-refractivity contribution in [3.63, 3.8) is 0 Å². The van der Waals surface area contributed by atoms with Gasteiger partial charge in [0.25, 0.3) is 0 Å². The Labute approximate surface area is 183 Å². The first-order valence-electron chi connectivity index (χ1n) is 10.5. The first-order valence-corrected chi connectivity index (χ1v) is 10.5. The van der Waals surface area contributed by atoms with Crippen LogP contribution < -0.4 is 10.4 Å². The highest BCUT2D eigenvalue weighted by atomic mass is 19.1. The van der Waals surface area contributed by atoms with E-state index < -0.39 is 18.0 Å². The van der Waals surface area contributed by atoms with Crippen LogP contribution in [-0.2, 0) is 7.05 Å². The Kier molecular flexibility index (Phi) is 5.09. The summed E-state index contributed by atoms with van der Waals surface area (Å²) in [5.74, 6) is 0.570. The summed E-state index contributed by atoms with van der Waals surface area (Å²) < 4.78 is 22.0. The molecule has 0 amide bonds. The van der Waals surface area contributed by atoms with Gasteiger partial charge in [0.05, 0.1) is 5.69 Å². The SMILES string of the molecule is CN1CC2CCC1[C@H](F)[C@@H]2Oc1ccc(-c2ccc(-c3ncn(C)c(=O)n3)cc2O)nn1. The minimum absolute atomic E-state index is 0.0498. The highest BCUT2D eigenvalue weighted by Crippen LogP contribution is 2.38. The number of ether oxygens (including phenoxy) is 1. The van der Waals surface area contributed by atoms with Crippen LogP contribution in [0.1, 0.15) is 12.8 Å². The number of piperidine rings is 2. The molecule has 1 saturated carbocycles. The molecule has 6 rings (SSSR count). The predicted octanol–water partition coefficient (Wildman–Crippen LogP) is 1.81. The number of nitrogens with zero attached hydrogens (tertiary/aromatic N) is 6. The van der Waals surface area contributed by atoms with Crippen LogP contribution in [0, 0.1) is 5.92 Å². The standard InChI is InChI=1S/C22H23FN6O3/c1-28-10-13-4-7-16(28)19(23)20(13)32-18-8-6-15(26-27-18)14-5-3-12(9-17(14)30)21-24-11-29(2)22(31)25-21/h3,5-6,8-9,11,13,16,19-20,30H,4,7,10H2,1-2H3/t13?,16?,19-,20+/m0/s1. The number of fused-ring (bicyclic) bond motifs is 3. The molecule has 1 aromatic carbocycles.